The van der Waals surface area contributed by atoms with Crippen LogP contribution in [0.4, 0.5) is 5.82 Å². The van der Waals surface area contributed by atoms with Crippen LogP contribution in [0.25, 0.3) is 11.3 Å². The van der Waals surface area contributed by atoms with Crippen LogP contribution in [-0.4, -0.2) is 22.0 Å². The van der Waals surface area contributed by atoms with E-state index >= 15 is 0 Å². The first-order valence-electron chi connectivity index (χ1n) is 4.72. The highest BCUT2D eigenvalue weighted by Gasteiger charge is 2.00. The smallest absolute Gasteiger partial charge is 0.144 e. The molecular formula is C11H12N4. The number of rotatable bonds is 2. The van der Waals surface area contributed by atoms with Crippen LogP contribution in [0.1, 0.15) is 5.69 Å². The van der Waals surface area contributed by atoms with E-state index in [1.807, 2.05) is 26.1 Å². The van der Waals surface area contributed by atoms with E-state index in [-0.39, 0.29) is 0 Å². The molecule has 2 aromatic heterocycles. The summed E-state index contributed by atoms with van der Waals surface area (Å²) in [5, 5.41) is 2.95. The molecule has 2 aromatic rings. The Labute approximate surface area is 88.4 Å². The number of nitrogens with zero attached hydrogens (tertiary/aromatic N) is 3. The van der Waals surface area contributed by atoms with E-state index in [1.165, 1.54) is 0 Å². The lowest BCUT2D eigenvalue weighted by molar-refractivity contribution is 1.16. The minimum Gasteiger partial charge on any atom is -0.372 e. The molecular weight excluding hydrogens is 188 g/mol. The fraction of sp³-hybridized carbons (Fsp3) is 0.182. The van der Waals surface area contributed by atoms with Gasteiger partial charge < -0.3 is 5.32 Å². The number of pyridine rings is 1. The van der Waals surface area contributed by atoms with Crippen molar-refractivity contribution >= 4 is 5.82 Å². The number of anilines is 1. The van der Waals surface area contributed by atoms with Crippen molar-refractivity contribution < 1.29 is 0 Å². The Hall–Kier alpha value is -1.97. The quantitative estimate of drug-likeness (QED) is 0.804. The van der Waals surface area contributed by atoms with Crippen LogP contribution in [0.5, 0.6) is 0 Å². The van der Waals surface area contributed by atoms with E-state index in [0.29, 0.717) is 0 Å². The molecule has 0 saturated carbocycles. The molecule has 0 amide bonds. The maximum absolute atomic E-state index is 4.38. The molecule has 2 rings (SSSR count). The Morgan fingerprint density at radius 2 is 2.00 bits per heavy atom. The van der Waals surface area contributed by atoms with E-state index in [9.17, 15) is 0 Å². The average molecular weight is 200 g/mol. The third-order valence-electron chi connectivity index (χ3n) is 2.10. The van der Waals surface area contributed by atoms with Gasteiger partial charge in [0.05, 0.1) is 18.1 Å². The molecule has 15 heavy (non-hydrogen) atoms. The van der Waals surface area contributed by atoms with Crippen molar-refractivity contribution in [1.29, 1.82) is 0 Å². The van der Waals surface area contributed by atoms with E-state index < -0.39 is 0 Å². The zero-order valence-corrected chi connectivity index (χ0v) is 8.73. The lowest BCUT2D eigenvalue weighted by atomic mass is 10.2. The van der Waals surface area contributed by atoms with Crippen molar-refractivity contribution in [1.82, 2.24) is 15.0 Å². The minimum absolute atomic E-state index is 0.757. The summed E-state index contributed by atoms with van der Waals surface area (Å²) < 4.78 is 0. The van der Waals surface area contributed by atoms with Crippen molar-refractivity contribution in [3.8, 4) is 11.3 Å². The molecule has 1 N–H and O–H groups in total. The highest BCUT2D eigenvalue weighted by Crippen LogP contribution is 2.16. The largest absolute Gasteiger partial charge is 0.372 e. The van der Waals surface area contributed by atoms with Gasteiger partial charge in [0.25, 0.3) is 0 Å². The Kier molecular flexibility index (Phi) is 2.58. The van der Waals surface area contributed by atoms with Crippen molar-refractivity contribution in [2.24, 2.45) is 0 Å². The van der Waals surface area contributed by atoms with Crippen LogP contribution in [0.3, 0.4) is 0 Å². The third-order valence-corrected chi connectivity index (χ3v) is 2.10. The average Bonchev–Trinajstić information content (AvgIpc) is 2.30. The molecule has 4 nitrogen and oxygen atoms in total. The number of hydrogen-bond acceptors (Lipinski definition) is 4. The number of aromatic nitrogens is 3. The summed E-state index contributed by atoms with van der Waals surface area (Å²) in [6, 6.07) is 3.95. The first-order valence-corrected chi connectivity index (χ1v) is 4.72. The van der Waals surface area contributed by atoms with Crippen LogP contribution in [0.2, 0.25) is 0 Å². The van der Waals surface area contributed by atoms with E-state index in [1.54, 1.807) is 18.6 Å². The van der Waals surface area contributed by atoms with E-state index in [2.05, 4.69) is 20.3 Å². The molecule has 0 radical (unpaired) electrons. The van der Waals surface area contributed by atoms with E-state index in [4.69, 9.17) is 0 Å². The summed E-state index contributed by atoms with van der Waals surface area (Å²) in [6.07, 6.45) is 5.22. The molecule has 0 bridgehead atoms. The lowest BCUT2D eigenvalue weighted by Crippen LogP contribution is -1.95. The standard InChI is InChI=1S/C11H12N4/c1-8-3-4-9(5-14-8)10-6-13-7-11(12-2)15-10/h3-7H,1-2H3,(H,12,15). The highest BCUT2D eigenvalue weighted by atomic mass is 15.0. The maximum Gasteiger partial charge on any atom is 0.144 e. The highest BCUT2D eigenvalue weighted by molar-refractivity contribution is 5.58. The van der Waals surface area contributed by atoms with Crippen LogP contribution < -0.4 is 5.32 Å². The van der Waals surface area contributed by atoms with Crippen molar-refractivity contribution in [2.75, 3.05) is 12.4 Å². The van der Waals surface area contributed by atoms with E-state index in [0.717, 1.165) is 22.8 Å². The fourth-order valence-corrected chi connectivity index (χ4v) is 1.24. The zero-order valence-electron chi connectivity index (χ0n) is 8.73. The summed E-state index contributed by atoms with van der Waals surface area (Å²) in [7, 11) is 1.82. The minimum atomic E-state index is 0.757. The SMILES string of the molecule is CNc1cncc(-c2ccc(C)nc2)n1. The maximum atomic E-state index is 4.38. The topological polar surface area (TPSA) is 50.7 Å². The second-order valence-corrected chi connectivity index (χ2v) is 3.23. The monoisotopic (exact) mass is 200 g/mol. The lowest BCUT2D eigenvalue weighted by Gasteiger charge is -2.02. The van der Waals surface area contributed by atoms with Gasteiger partial charge in [-0.1, -0.05) is 0 Å². The Bertz CT molecular complexity index is 450. The van der Waals surface area contributed by atoms with Gasteiger partial charge in [-0.3, -0.25) is 9.97 Å². The molecule has 0 aromatic carbocycles. The number of hydrogen-bond donors (Lipinski definition) is 1. The second-order valence-electron chi connectivity index (χ2n) is 3.23. The molecule has 2 heterocycles. The first kappa shape index (κ1) is 9.58. The molecule has 0 unspecified atom stereocenters. The predicted molar refractivity (Wildman–Crippen MR) is 59.5 cm³/mol. The van der Waals surface area contributed by atoms with Crippen LogP contribution >= 0.6 is 0 Å². The summed E-state index contributed by atoms with van der Waals surface area (Å²) >= 11 is 0. The van der Waals surface area contributed by atoms with Gasteiger partial charge in [-0.15, -0.1) is 0 Å². The molecule has 0 saturated heterocycles. The van der Waals surface area contributed by atoms with Crippen LogP contribution in [-0.2, 0) is 0 Å². The van der Waals surface area contributed by atoms with Gasteiger partial charge in [0.1, 0.15) is 5.82 Å². The Morgan fingerprint density at radius 1 is 1.13 bits per heavy atom. The summed E-state index contributed by atoms with van der Waals surface area (Å²) in [5.41, 5.74) is 2.80. The fourth-order valence-electron chi connectivity index (χ4n) is 1.24. The molecule has 0 fully saturated rings. The summed E-state index contributed by atoms with van der Waals surface area (Å²) in [6.45, 7) is 1.96. The van der Waals surface area contributed by atoms with Gasteiger partial charge in [-0.2, -0.15) is 0 Å². The number of aryl methyl sites for hydroxylation is 1. The van der Waals surface area contributed by atoms with Crippen LogP contribution in [0, 0.1) is 6.92 Å². The normalized spacial score (nSPS) is 10.0. The van der Waals surface area contributed by atoms with Crippen LogP contribution in [0.15, 0.2) is 30.7 Å². The Balaban J connectivity index is 2.40. The number of nitrogens with one attached hydrogen (secondary N) is 1. The Morgan fingerprint density at radius 3 is 2.67 bits per heavy atom. The molecule has 0 aliphatic carbocycles. The molecule has 4 heteroatoms. The zero-order chi connectivity index (χ0) is 10.7. The molecule has 0 atom stereocenters. The summed E-state index contributed by atoms with van der Waals surface area (Å²) in [5.74, 6) is 0.757. The molecule has 0 spiro atoms. The van der Waals surface area contributed by atoms with Crippen molar-refractivity contribution in [2.45, 2.75) is 6.92 Å². The predicted octanol–water partition coefficient (Wildman–Crippen LogP) is 1.89. The first-order chi connectivity index (χ1) is 7.29. The molecule has 76 valence electrons. The van der Waals surface area contributed by atoms with Crippen molar-refractivity contribution in [3.05, 3.63) is 36.4 Å². The molecule has 0 aliphatic rings. The third kappa shape index (κ3) is 2.10. The van der Waals surface area contributed by atoms with Gasteiger partial charge >= 0.3 is 0 Å². The van der Waals surface area contributed by atoms with Gasteiger partial charge in [0.2, 0.25) is 0 Å². The second kappa shape index (κ2) is 4.04. The summed E-state index contributed by atoms with van der Waals surface area (Å²) in [4.78, 5) is 12.7. The van der Waals surface area contributed by atoms with Gasteiger partial charge in [-0.25, -0.2) is 4.98 Å². The van der Waals surface area contributed by atoms with Gasteiger partial charge in [0, 0.05) is 24.5 Å². The molecule has 0 aliphatic heterocycles. The van der Waals surface area contributed by atoms with Gasteiger partial charge in [0.15, 0.2) is 0 Å². The van der Waals surface area contributed by atoms with Crippen molar-refractivity contribution in [3.63, 3.8) is 0 Å². The van der Waals surface area contributed by atoms with Gasteiger partial charge in [-0.05, 0) is 19.1 Å².